The highest BCUT2D eigenvalue weighted by Gasteiger charge is 2.26. The minimum atomic E-state index is -4.22. The molecule has 25 heavy (non-hydrogen) atoms. The molecule has 1 N–H and O–H groups in total. The van der Waals surface area contributed by atoms with Crippen molar-refractivity contribution in [2.24, 2.45) is 0 Å². The van der Waals surface area contributed by atoms with Crippen LogP contribution in [0, 0.1) is 0 Å². The topological polar surface area (TPSA) is 60.3 Å². The fourth-order valence-electron chi connectivity index (χ4n) is 2.39. The average Bonchev–Trinajstić information content (AvgIpc) is 2.58. The summed E-state index contributed by atoms with van der Waals surface area (Å²) in [5.74, 6) is 0. The molecule has 0 aromatic heterocycles. The Hall–Kier alpha value is -1.51. The molecule has 0 aliphatic heterocycles. The summed E-state index contributed by atoms with van der Waals surface area (Å²) in [4.78, 5) is 1.86. The summed E-state index contributed by atoms with van der Waals surface area (Å²) >= 11 is 6.86. The molecule has 0 aliphatic carbocycles. The zero-order valence-electron chi connectivity index (χ0n) is 12.8. The smallest absolute Gasteiger partial charge is 0.282 e. The lowest BCUT2D eigenvalue weighted by Gasteiger charge is -2.11. The van der Waals surface area contributed by atoms with E-state index >= 15 is 0 Å². The first-order valence-electron chi connectivity index (χ1n) is 7.23. The summed E-state index contributed by atoms with van der Waals surface area (Å²) in [6, 6.07) is 21.7. The highest BCUT2D eigenvalue weighted by atomic mass is 79.9. The molecule has 3 rings (SSSR count). The van der Waals surface area contributed by atoms with Crippen molar-refractivity contribution in [1.29, 1.82) is 0 Å². The Morgan fingerprint density at radius 2 is 0.960 bits per heavy atom. The van der Waals surface area contributed by atoms with E-state index in [1.54, 1.807) is 12.1 Å². The summed E-state index contributed by atoms with van der Waals surface area (Å²) in [6.45, 7) is 0. The molecule has 7 heteroatoms. The van der Waals surface area contributed by atoms with Crippen LogP contribution in [0.3, 0.4) is 0 Å². The maximum absolute atomic E-state index is 11.3. The fraction of sp³-hybridized carbons (Fsp3) is 0. The molecule has 0 spiro atoms. The highest BCUT2D eigenvalue weighted by Crippen LogP contribution is 2.35. The van der Waals surface area contributed by atoms with Crippen LogP contribution < -0.4 is 4.90 Å². The third-order valence-electron chi connectivity index (χ3n) is 3.56. The van der Waals surface area contributed by atoms with Crippen LogP contribution in [-0.4, -0.2) is 13.0 Å². The van der Waals surface area contributed by atoms with Gasteiger partial charge in [-0.3, -0.25) is 4.55 Å². The number of nitrogens with zero attached hydrogens (tertiary/aromatic N) is 1. The number of hydrogen-bond acceptors (Lipinski definition) is 3. The SMILES string of the molecule is O=S(=O)(O)c1ccc([N+](c2ccc(Br)cc2)c2ccc(Br)cc2)cc1. The van der Waals surface area contributed by atoms with Gasteiger partial charge in [0.15, 0.2) is 17.1 Å². The highest BCUT2D eigenvalue weighted by molar-refractivity contribution is 9.10. The number of hydrogen-bond donors (Lipinski definition) is 1. The van der Waals surface area contributed by atoms with Gasteiger partial charge in [-0.1, -0.05) is 36.8 Å². The van der Waals surface area contributed by atoms with Gasteiger partial charge in [0, 0.05) is 45.3 Å². The second-order valence-corrected chi connectivity index (χ2v) is 8.51. The second kappa shape index (κ2) is 7.39. The maximum atomic E-state index is 11.3. The van der Waals surface area contributed by atoms with Crippen LogP contribution in [0.25, 0.3) is 0 Å². The van der Waals surface area contributed by atoms with E-state index in [0.717, 1.165) is 26.0 Å². The van der Waals surface area contributed by atoms with E-state index in [2.05, 4.69) is 31.9 Å². The molecule has 0 aliphatic rings. The zero-order valence-corrected chi connectivity index (χ0v) is 16.8. The molecule has 0 saturated carbocycles. The van der Waals surface area contributed by atoms with Crippen molar-refractivity contribution in [2.45, 2.75) is 4.90 Å². The molecule has 0 amide bonds. The lowest BCUT2D eigenvalue weighted by atomic mass is 10.2. The van der Waals surface area contributed by atoms with Gasteiger partial charge in [0.25, 0.3) is 10.1 Å². The van der Waals surface area contributed by atoms with Crippen molar-refractivity contribution in [3.8, 4) is 0 Å². The van der Waals surface area contributed by atoms with Crippen molar-refractivity contribution in [2.75, 3.05) is 0 Å². The summed E-state index contributed by atoms with van der Waals surface area (Å²) < 4.78 is 33.6. The maximum Gasteiger partial charge on any atom is 0.294 e. The van der Waals surface area contributed by atoms with Gasteiger partial charge in [0.1, 0.15) is 0 Å². The molecule has 0 saturated heterocycles. The Morgan fingerprint density at radius 1 is 0.640 bits per heavy atom. The van der Waals surface area contributed by atoms with Gasteiger partial charge in [0.2, 0.25) is 0 Å². The Labute approximate surface area is 163 Å². The average molecular weight is 483 g/mol. The van der Waals surface area contributed by atoms with Crippen molar-refractivity contribution in [1.82, 2.24) is 4.90 Å². The van der Waals surface area contributed by atoms with Crippen molar-refractivity contribution in [3.63, 3.8) is 0 Å². The van der Waals surface area contributed by atoms with Crippen molar-refractivity contribution < 1.29 is 13.0 Å². The van der Waals surface area contributed by atoms with Crippen LogP contribution >= 0.6 is 31.9 Å². The van der Waals surface area contributed by atoms with Crippen LogP contribution in [0.5, 0.6) is 0 Å². The number of rotatable bonds is 4. The molecule has 0 atom stereocenters. The largest absolute Gasteiger partial charge is 0.294 e. The van der Waals surface area contributed by atoms with Crippen LogP contribution in [0.15, 0.2) is 86.6 Å². The normalized spacial score (nSPS) is 11.7. The van der Waals surface area contributed by atoms with Crippen LogP contribution in [-0.2, 0) is 10.1 Å². The molecule has 0 unspecified atom stereocenters. The van der Waals surface area contributed by atoms with Gasteiger partial charge >= 0.3 is 0 Å². The van der Waals surface area contributed by atoms with Gasteiger partial charge in [0.05, 0.1) is 4.90 Å². The number of halogens is 2. The number of benzene rings is 3. The molecule has 1 radical (unpaired) electrons. The first-order valence-corrected chi connectivity index (χ1v) is 10.3. The van der Waals surface area contributed by atoms with E-state index in [4.69, 9.17) is 4.55 Å². The second-order valence-electron chi connectivity index (χ2n) is 5.26. The summed E-state index contributed by atoms with van der Waals surface area (Å²) in [6.07, 6.45) is 0. The molecular weight excluding hydrogens is 470 g/mol. The summed E-state index contributed by atoms with van der Waals surface area (Å²) in [7, 11) is -4.22. The van der Waals surface area contributed by atoms with Crippen molar-refractivity contribution >= 4 is 59.0 Å². The molecule has 3 aromatic rings. The Kier molecular flexibility index (Phi) is 5.41. The van der Waals surface area contributed by atoms with Gasteiger partial charge in [-0.25, -0.2) is 0 Å². The van der Waals surface area contributed by atoms with Gasteiger partial charge in [-0.2, -0.15) is 8.42 Å². The van der Waals surface area contributed by atoms with Crippen LogP contribution in [0.4, 0.5) is 17.1 Å². The lowest BCUT2D eigenvalue weighted by molar-refractivity contribution is 0.483. The van der Waals surface area contributed by atoms with E-state index in [-0.39, 0.29) is 4.90 Å². The molecule has 4 nitrogen and oxygen atoms in total. The summed E-state index contributed by atoms with van der Waals surface area (Å²) in [5.41, 5.74) is 2.62. The Balaban J connectivity index is 2.10. The third kappa shape index (κ3) is 4.37. The molecule has 3 aromatic carbocycles. The van der Waals surface area contributed by atoms with E-state index in [1.807, 2.05) is 53.4 Å². The van der Waals surface area contributed by atoms with Crippen LogP contribution in [0.2, 0.25) is 0 Å². The lowest BCUT2D eigenvalue weighted by Crippen LogP contribution is -2.11. The standard InChI is InChI=1S/C18H13Br2NO3S/c19-13-1-5-15(6-2-13)21(16-7-3-14(20)4-8-16)17-9-11-18(12-10-17)25(22,23)24/h1-12H,(H,22,23,24)/q+1. The minimum Gasteiger partial charge on any atom is -0.282 e. The van der Waals surface area contributed by atoms with E-state index < -0.39 is 10.1 Å². The van der Waals surface area contributed by atoms with E-state index in [9.17, 15) is 8.42 Å². The van der Waals surface area contributed by atoms with Gasteiger partial charge in [-0.05, 0) is 36.4 Å². The predicted molar refractivity (Wildman–Crippen MR) is 106 cm³/mol. The monoisotopic (exact) mass is 481 g/mol. The van der Waals surface area contributed by atoms with Gasteiger partial charge < -0.3 is 0 Å². The molecule has 127 valence electrons. The van der Waals surface area contributed by atoms with E-state index in [1.165, 1.54) is 12.1 Å². The zero-order chi connectivity index (χ0) is 18.0. The first kappa shape index (κ1) is 18.3. The molecule has 0 bridgehead atoms. The van der Waals surface area contributed by atoms with E-state index in [0.29, 0.717) is 0 Å². The van der Waals surface area contributed by atoms with Crippen LogP contribution in [0.1, 0.15) is 0 Å². The molecule has 0 heterocycles. The summed E-state index contributed by atoms with van der Waals surface area (Å²) in [5, 5.41) is 0. The Bertz CT molecular complexity index is 925. The first-order chi connectivity index (χ1) is 11.8. The third-order valence-corrected chi connectivity index (χ3v) is 5.49. The Morgan fingerprint density at radius 3 is 1.28 bits per heavy atom. The molecule has 0 fully saturated rings. The molecular formula is C18H13Br2NO3S+. The minimum absolute atomic E-state index is 0.136. The predicted octanol–water partition coefficient (Wildman–Crippen LogP) is 5.89. The number of anilines is 3. The van der Waals surface area contributed by atoms with Gasteiger partial charge in [-0.15, -0.1) is 0 Å². The quantitative estimate of drug-likeness (QED) is 0.372. The van der Waals surface area contributed by atoms with Crippen molar-refractivity contribution in [3.05, 3.63) is 81.7 Å². The fourth-order valence-corrected chi connectivity index (χ4v) is 3.40.